The molecule has 1 fully saturated rings. The van der Waals surface area contributed by atoms with Crippen LogP contribution in [0.1, 0.15) is 48.0 Å². The second-order valence-electron chi connectivity index (χ2n) is 6.34. The molecule has 6 heteroatoms. The summed E-state index contributed by atoms with van der Waals surface area (Å²) >= 11 is 0. The number of methoxy groups -OCH3 is 2. The van der Waals surface area contributed by atoms with Crippen molar-refractivity contribution in [1.29, 1.82) is 0 Å². The van der Waals surface area contributed by atoms with Crippen molar-refractivity contribution in [2.24, 2.45) is 5.41 Å². The third kappa shape index (κ3) is 4.33. The minimum absolute atomic E-state index is 0.0528. The van der Waals surface area contributed by atoms with Gasteiger partial charge in [-0.25, -0.2) is 4.79 Å². The molecule has 0 radical (unpaired) electrons. The van der Waals surface area contributed by atoms with Gasteiger partial charge in [0.25, 0.3) is 0 Å². The third-order valence-corrected chi connectivity index (χ3v) is 4.64. The van der Waals surface area contributed by atoms with E-state index < -0.39 is 11.4 Å². The fourth-order valence-corrected chi connectivity index (χ4v) is 3.34. The van der Waals surface area contributed by atoms with E-state index in [0.717, 1.165) is 25.7 Å². The van der Waals surface area contributed by atoms with Crippen molar-refractivity contribution in [3.05, 3.63) is 29.3 Å². The Morgan fingerprint density at radius 1 is 1.17 bits per heavy atom. The Morgan fingerprint density at radius 3 is 2.46 bits per heavy atom. The number of carbonyl (C=O) groups excluding carboxylic acids is 1. The van der Waals surface area contributed by atoms with E-state index in [9.17, 15) is 14.7 Å². The summed E-state index contributed by atoms with van der Waals surface area (Å²) < 4.78 is 10.2. The molecule has 0 aromatic heterocycles. The van der Waals surface area contributed by atoms with Gasteiger partial charge in [0, 0.05) is 26.5 Å². The second-order valence-corrected chi connectivity index (χ2v) is 6.34. The predicted molar refractivity (Wildman–Crippen MR) is 90.1 cm³/mol. The predicted octanol–water partition coefficient (Wildman–Crippen LogP) is 3.07. The summed E-state index contributed by atoms with van der Waals surface area (Å²) in [5.74, 6) is -1.08. The molecule has 1 saturated carbocycles. The zero-order chi connectivity index (χ0) is 17.6. The van der Waals surface area contributed by atoms with Gasteiger partial charge in [-0.2, -0.15) is 0 Å². The van der Waals surface area contributed by atoms with Crippen LogP contribution >= 0.6 is 0 Å². The summed E-state index contributed by atoms with van der Waals surface area (Å²) in [7, 11) is 3.18. The highest BCUT2D eigenvalue weighted by atomic mass is 16.5. The van der Waals surface area contributed by atoms with E-state index in [1.165, 1.54) is 6.07 Å². The van der Waals surface area contributed by atoms with Crippen LogP contribution in [0.25, 0.3) is 0 Å². The number of carbonyl (C=O) groups is 2. The molecule has 0 unspecified atom stereocenters. The van der Waals surface area contributed by atoms with Crippen LogP contribution in [0.2, 0.25) is 0 Å². The zero-order valence-electron chi connectivity index (χ0n) is 14.3. The first-order valence-electron chi connectivity index (χ1n) is 8.17. The third-order valence-electron chi connectivity index (χ3n) is 4.64. The molecule has 24 heavy (non-hydrogen) atoms. The number of ether oxygens (including phenoxy) is 2. The van der Waals surface area contributed by atoms with Crippen LogP contribution in [0.15, 0.2) is 18.2 Å². The number of hydrogen-bond acceptors (Lipinski definition) is 4. The molecule has 2 N–H and O–H groups in total. The van der Waals surface area contributed by atoms with Crippen molar-refractivity contribution in [1.82, 2.24) is 0 Å². The molecule has 0 atom stereocenters. The molecular weight excluding hydrogens is 310 g/mol. The maximum atomic E-state index is 12.8. The van der Waals surface area contributed by atoms with Gasteiger partial charge >= 0.3 is 5.97 Å². The Kier molecular flexibility index (Phi) is 6.34. The van der Waals surface area contributed by atoms with Gasteiger partial charge in [-0.15, -0.1) is 0 Å². The molecule has 6 nitrogen and oxygen atoms in total. The molecular formula is C18H25NO5. The van der Waals surface area contributed by atoms with Crippen LogP contribution in [0.3, 0.4) is 0 Å². The molecule has 0 saturated heterocycles. The van der Waals surface area contributed by atoms with Crippen LogP contribution in [0.4, 0.5) is 5.69 Å². The monoisotopic (exact) mass is 335 g/mol. The first kappa shape index (κ1) is 18.4. The zero-order valence-corrected chi connectivity index (χ0v) is 14.3. The number of hydrogen-bond donors (Lipinski definition) is 2. The van der Waals surface area contributed by atoms with E-state index in [1.807, 2.05) is 0 Å². The van der Waals surface area contributed by atoms with Crippen molar-refractivity contribution < 1.29 is 24.2 Å². The number of amides is 1. The lowest BCUT2D eigenvalue weighted by molar-refractivity contribution is -0.126. The van der Waals surface area contributed by atoms with Crippen LogP contribution in [0, 0.1) is 5.41 Å². The number of nitrogens with one attached hydrogen (secondary N) is 1. The Morgan fingerprint density at radius 2 is 1.88 bits per heavy atom. The van der Waals surface area contributed by atoms with E-state index in [2.05, 4.69) is 5.32 Å². The van der Waals surface area contributed by atoms with Gasteiger partial charge in [-0.1, -0.05) is 12.8 Å². The summed E-state index contributed by atoms with van der Waals surface area (Å²) in [6.07, 6.45) is 4.42. The fourth-order valence-electron chi connectivity index (χ4n) is 3.34. The molecule has 132 valence electrons. The topological polar surface area (TPSA) is 84.9 Å². The number of carboxylic acid groups (broad SMARTS) is 1. The Bertz CT molecular complexity index is 593. The molecule has 1 aliphatic rings. The fraction of sp³-hybridized carbons (Fsp3) is 0.556. The normalized spacial score (nSPS) is 16.1. The Hall–Kier alpha value is -1.92. The van der Waals surface area contributed by atoms with Crippen LogP contribution in [0.5, 0.6) is 0 Å². The van der Waals surface area contributed by atoms with E-state index in [-0.39, 0.29) is 11.5 Å². The van der Waals surface area contributed by atoms with Gasteiger partial charge in [-0.3, -0.25) is 4.79 Å². The minimum atomic E-state index is -1.03. The van der Waals surface area contributed by atoms with Crippen molar-refractivity contribution in [3.63, 3.8) is 0 Å². The van der Waals surface area contributed by atoms with Crippen LogP contribution in [-0.2, 0) is 20.9 Å². The van der Waals surface area contributed by atoms with Crippen molar-refractivity contribution in [2.45, 2.75) is 38.7 Å². The van der Waals surface area contributed by atoms with E-state index >= 15 is 0 Å². The number of carboxylic acids is 1. The summed E-state index contributed by atoms with van der Waals surface area (Å²) in [6, 6.07) is 4.79. The molecule has 1 aromatic rings. The van der Waals surface area contributed by atoms with Gasteiger partial charge in [0.05, 0.1) is 17.6 Å². The largest absolute Gasteiger partial charge is 0.478 e. The first-order valence-corrected chi connectivity index (χ1v) is 8.17. The highest BCUT2D eigenvalue weighted by molar-refractivity contribution is 5.97. The SMILES string of the molecule is COCCC1(C(=O)Nc2cc(COC)cc(C(=O)O)c2)CCCC1. The summed E-state index contributed by atoms with van der Waals surface area (Å²) in [4.78, 5) is 24.1. The maximum Gasteiger partial charge on any atom is 0.335 e. The molecule has 1 aromatic carbocycles. The van der Waals surface area contributed by atoms with Crippen LogP contribution < -0.4 is 5.32 Å². The number of rotatable bonds is 8. The summed E-state index contributed by atoms with van der Waals surface area (Å²) in [5, 5.41) is 12.2. The maximum absolute atomic E-state index is 12.8. The quantitative estimate of drug-likeness (QED) is 0.762. The molecule has 2 rings (SSSR count). The highest BCUT2D eigenvalue weighted by Gasteiger charge is 2.40. The number of anilines is 1. The molecule has 0 heterocycles. The van der Waals surface area contributed by atoms with Gasteiger partial charge in [0.1, 0.15) is 0 Å². The lowest BCUT2D eigenvalue weighted by atomic mass is 9.82. The van der Waals surface area contributed by atoms with E-state index in [0.29, 0.717) is 30.9 Å². The van der Waals surface area contributed by atoms with Crippen LogP contribution in [-0.4, -0.2) is 37.8 Å². The summed E-state index contributed by atoms with van der Waals surface area (Å²) in [6.45, 7) is 0.830. The lowest BCUT2D eigenvalue weighted by Crippen LogP contribution is -2.35. The smallest absolute Gasteiger partial charge is 0.335 e. The van der Waals surface area contributed by atoms with Gasteiger partial charge in [0.2, 0.25) is 5.91 Å². The minimum Gasteiger partial charge on any atom is -0.478 e. The lowest BCUT2D eigenvalue weighted by Gasteiger charge is -2.27. The average Bonchev–Trinajstić information content (AvgIpc) is 3.03. The molecule has 0 spiro atoms. The number of aromatic carboxylic acids is 1. The van der Waals surface area contributed by atoms with Crippen molar-refractivity contribution in [2.75, 3.05) is 26.1 Å². The molecule has 0 bridgehead atoms. The molecule has 1 amide bonds. The van der Waals surface area contributed by atoms with E-state index in [1.54, 1.807) is 26.4 Å². The molecule has 1 aliphatic carbocycles. The first-order chi connectivity index (χ1) is 11.5. The number of benzene rings is 1. The Labute approximate surface area is 142 Å². The summed E-state index contributed by atoms with van der Waals surface area (Å²) in [5.41, 5.74) is 0.925. The standard InChI is InChI=1S/C18H25NO5/c1-23-8-7-18(5-3-4-6-18)17(22)19-15-10-13(12-24-2)9-14(11-15)16(20)21/h9-11H,3-8,12H2,1-2H3,(H,19,22)(H,20,21). The molecule has 0 aliphatic heterocycles. The Balaban J connectivity index is 2.21. The average molecular weight is 335 g/mol. The van der Waals surface area contributed by atoms with Gasteiger partial charge in [-0.05, 0) is 43.0 Å². The highest BCUT2D eigenvalue weighted by Crippen LogP contribution is 2.42. The van der Waals surface area contributed by atoms with Crippen molar-refractivity contribution >= 4 is 17.6 Å². The second kappa shape index (κ2) is 8.26. The van der Waals surface area contributed by atoms with Crippen molar-refractivity contribution in [3.8, 4) is 0 Å². The van der Waals surface area contributed by atoms with Gasteiger partial charge in [0.15, 0.2) is 0 Å². The van der Waals surface area contributed by atoms with Gasteiger partial charge < -0.3 is 19.9 Å². The van der Waals surface area contributed by atoms with E-state index in [4.69, 9.17) is 9.47 Å².